The van der Waals surface area contributed by atoms with Gasteiger partial charge in [0, 0.05) is 81.6 Å². The second kappa shape index (κ2) is 21.5. The number of piperazine rings is 2. The van der Waals surface area contributed by atoms with E-state index in [-0.39, 0.29) is 0 Å². The molecule has 4 aliphatic rings. The van der Waals surface area contributed by atoms with Crippen molar-refractivity contribution in [2.75, 3.05) is 65.4 Å². The van der Waals surface area contributed by atoms with Crippen molar-refractivity contribution in [1.82, 2.24) is 29.8 Å². The number of nitrogens with one attached hydrogen (secondary N) is 1. The van der Waals surface area contributed by atoms with Crippen LogP contribution in [0.2, 0.25) is 0 Å². The molecule has 0 saturated carbocycles. The quantitative estimate of drug-likeness (QED) is 0.344. The predicted octanol–water partition coefficient (Wildman–Crippen LogP) is 6.75. The maximum atomic E-state index is 3.47. The molecule has 0 amide bonds. The molecular weight excluding hydrogens is 528 g/mol. The Morgan fingerprint density at radius 2 is 1.02 bits per heavy atom. The molecule has 258 valence electrons. The molecule has 0 unspecified atom stereocenters. The zero-order valence-electron chi connectivity index (χ0n) is 31.8. The molecule has 0 spiro atoms. The number of rotatable bonds is 7. The van der Waals surface area contributed by atoms with E-state index in [9.17, 15) is 0 Å². The van der Waals surface area contributed by atoms with E-state index in [4.69, 9.17) is 0 Å². The van der Waals surface area contributed by atoms with E-state index >= 15 is 0 Å². The lowest BCUT2D eigenvalue weighted by Crippen LogP contribution is -2.59. The second-order valence-electron chi connectivity index (χ2n) is 14.7. The first kappa shape index (κ1) is 40.8. The van der Waals surface area contributed by atoms with Gasteiger partial charge in [-0.25, -0.2) is 0 Å². The van der Waals surface area contributed by atoms with Crippen molar-refractivity contribution in [3.05, 3.63) is 0 Å². The van der Waals surface area contributed by atoms with E-state index in [2.05, 4.69) is 99.1 Å². The maximum absolute atomic E-state index is 3.47. The van der Waals surface area contributed by atoms with Gasteiger partial charge in [-0.1, -0.05) is 27.7 Å². The van der Waals surface area contributed by atoms with Gasteiger partial charge in [0.2, 0.25) is 0 Å². The van der Waals surface area contributed by atoms with Gasteiger partial charge in [0.15, 0.2) is 0 Å². The zero-order chi connectivity index (χ0) is 32.7. The molecule has 4 rings (SSSR count). The monoisotopic (exact) mass is 609 g/mol. The van der Waals surface area contributed by atoms with Gasteiger partial charge in [-0.2, -0.15) is 0 Å². The van der Waals surface area contributed by atoms with Gasteiger partial charge >= 0.3 is 0 Å². The highest BCUT2D eigenvalue weighted by atomic mass is 15.3. The molecule has 6 heteroatoms. The summed E-state index contributed by atoms with van der Waals surface area (Å²) in [4.78, 5) is 13.5. The Balaban J connectivity index is 0.000000389. The summed E-state index contributed by atoms with van der Waals surface area (Å²) in [6, 6.07) is 4.94. The van der Waals surface area contributed by atoms with Gasteiger partial charge in [-0.3, -0.25) is 19.6 Å². The molecule has 0 aromatic heterocycles. The van der Waals surface area contributed by atoms with Gasteiger partial charge in [0.05, 0.1) is 0 Å². The fourth-order valence-corrected chi connectivity index (χ4v) is 7.72. The standard InChI is InChI=1S/C18H37N3.C15H31N3.2C2H6/c1-14(2)19-9-7-18(8-10-19)13-21-16(5)11-20(15(3)4)12-17(21)6;1-12(2)18-10-13(3)17(9-14(18)4)11-15-5-7-16-8-6-15;2*1-2/h14-18H,7-13H2,1-6H3;12-16H,5-11H2,1-4H3;2*1-2H3/t16-,17+;13-,14+;;/m.0../s1. The summed E-state index contributed by atoms with van der Waals surface area (Å²) in [5.74, 6) is 1.84. The average molecular weight is 609 g/mol. The SMILES string of the molecule is CC.CC.CC(C)N1CCC(CN2[C@H](C)CN(C(C)C)C[C@@H]2C)CC1.CC(C)N1C[C@H](C)N(CC2CCNCC2)C[C@H]1C. The van der Waals surface area contributed by atoms with E-state index < -0.39 is 0 Å². The van der Waals surface area contributed by atoms with E-state index in [0.29, 0.717) is 30.2 Å². The van der Waals surface area contributed by atoms with Gasteiger partial charge in [0.25, 0.3) is 0 Å². The summed E-state index contributed by atoms with van der Waals surface area (Å²) in [5, 5.41) is 3.47. The number of nitrogens with zero attached hydrogens (tertiary/aromatic N) is 5. The summed E-state index contributed by atoms with van der Waals surface area (Å²) in [6.07, 6.45) is 5.51. The molecule has 43 heavy (non-hydrogen) atoms. The maximum Gasteiger partial charge on any atom is 0.0198 e. The number of likely N-dealkylation sites (tertiary alicyclic amines) is 1. The van der Waals surface area contributed by atoms with Crippen molar-refractivity contribution in [3.63, 3.8) is 0 Å². The van der Waals surface area contributed by atoms with Crippen LogP contribution in [-0.4, -0.2) is 132 Å². The highest BCUT2D eigenvalue weighted by Crippen LogP contribution is 2.25. The van der Waals surface area contributed by atoms with Crippen LogP contribution in [0.4, 0.5) is 0 Å². The largest absolute Gasteiger partial charge is 0.317 e. The van der Waals surface area contributed by atoms with Gasteiger partial charge < -0.3 is 10.2 Å². The molecule has 0 aromatic carbocycles. The Bertz CT molecular complexity index is 658. The van der Waals surface area contributed by atoms with Gasteiger partial charge in [-0.05, 0) is 133 Å². The molecule has 4 aliphatic heterocycles. The lowest BCUT2D eigenvalue weighted by molar-refractivity contribution is 0.00510. The molecule has 0 bridgehead atoms. The molecule has 0 aromatic rings. The van der Waals surface area contributed by atoms with Crippen molar-refractivity contribution in [1.29, 1.82) is 0 Å². The summed E-state index contributed by atoms with van der Waals surface area (Å²) in [6.45, 7) is 44.3. The molecule has 4 atom stereocenters. The van der Waals surface area contributed by atoms with Crippen LogP contribution in [0, 0.1) is 11.8 Å². The first-order valence-electron chi connectivity index (χ1n) is 18.9. The third-order valence-electron chi connectivity index (χ3n) is 10.5. The average Bonchev–Trinajstić information content (AvgIpc) is 2.99. The normalized spacial score (nSPS) is 29.5. The minimum atomic E-state index is 0.684. The molecular formula is C37H80N6. The van der Waals surface area contributed by atoms with E-state index in [1.165, 1.54) is 91.1 Å². The first-order valence-corrected chi connectivity index (χ1v) is 18.9. The third-order valence-corrected chi connectivity index (χ3v) is 10.5. The van der Waals surface area contributed by atoms with Crippen LogP contribution < -0.4 is 5.32 Å². The molecule has 4 heterocycles. The van der Waals surface area contributed by atoms with Crippen molar-refractivity contribution < 1.29 is 0 Å². The number of hydrogen-bond acceptors (Lipinski definition) is 6. The van der Waals surface area contributed by atoms with Crippen molar-refractivity contribution >= 4 is 0 Å². The summed E-state index contributed by atoms with van der Waals surface area (Å²) >= 11 is 0. The Labute approximate surface area is 271 Å². The van der Waals surface area contributed by atoms with Crippen LogP contribution in [0.15, 0.2) is 0 Å². The van der Waals surface area contributed by atoms with Crippen LogP contribution >= 0.6 is 0 Å². The van der Waals surface area contributed by atoms with E-state index in [1.807, 2.05) is 27.7 Å². The Morgan fingerprint density at radius 1 is 0.535 bits per heavy atom. The van der Waals surface area contributed by atoms with Crippen LogP contribution in [-0.2, 0) is 0 Å². The molecule has 1 N–H and O–H groups in total. The molecule has 0 radical (unpaired) electrons. The fraction of sp³-hybridized carbons (Fsp3) is 1.00. The van der Waals surface area contributed by atoms with Crippen LogP contribution in [0.3, 0.4) is 0 Å². The molecule has 0 aliphatic carbocycles. The molecule has 4 saturated heterocycles. The first-order chi connectivity index (χ1) is 20.5. The minimum Gasteiger partial charge on any atom is -0.317 e. The Kier molecular flexibility index (Phi) is 20.4. The Hall–Kier alpha value is -0.240. The fourth-order valence-electron chi connectivity index (χ4n) is 7.72. The zero-order valence-corrected chi connectivity index (χ0v) is 31.8. The van der Waals surface area contributed by atoms with E-state index in [0.717, 1.165) is 23.9 Å². The highest BCUT2D eigenvalue weighted by molar-refractivity contribution is 4.89. The lowest BCUT2D eigenvalue weighted by atomic mass is 9.93. The summed E-state index contributed by atoms with van der Waals surface area (Å²) in [7, 11) is 0. The second-order valence-corrected chi connectivity index (χ2v) is 14.7. The van der Waals surface area contributed by atoms with Crippen LogP contribution in [0.25, 0.3) is 0 Å². The minimum absolute atomic E-state index is 0.684. The van der Waals surface area contributed by atoms with Gasteiger partial charge in [-0.15, -0.1) is 0 Å². The highest BCUT2D eigenvalue weighted by Gasteiger charge is 2.33. The summed E-state index contributed by atoms with van der Waals surface area (Å²) < 4.78 is 0. The van der Waals surface area contributed by atoms with Crippen LogP contribution in [0.1, 0.15) is 123 Å². The molecule has 4 fully saturated rings. The summed E-state index contributed by atoms with van der Waals surface area (Å²) in [5.41, 5.74) is 0. The number of piperidine rings is 2. The van der Waals surface area contributed by atoms with Crippen molar-refractivity contribution in [3.8, 4) is 0 Å². The van der Waals surface area contributed by atoms with Crippen molar-refractivity contribution in [2.24, 2.45) is 11.8 Å². The van der Waals surface area contributed by atoms with E-state index in [1.54, 1.807) is 0 Å². The molecule has 6 nitrogen and oxygen atoms in total. The van der Waals surface area contributed by atoms with Crippen LogP contribution in [0.5, 0.6) is 0 Å². The number of hydrogen-bond donors (Lipinski definition) is 1. The topological polar surface area (TPSA) is 28.2 Å². The smallest absolute Gasteiger partial charge is 0.0198 e. The van der Waals surface area contributed by atoms with Crippen molar-refractivity contribution in [2.45, 2.75) is 165 Å². The lowest BCUT2D eigenvalue weighted by Gasteiger charge is -2.48. The van der Waals surface area contributed by atoms with Gasteiger partial charge in [0.1, 0.15) is 0 Å². The Morgan fingerprint density at radius 3 is 1.49 bits per heavy atom. The third kappa shape index (κ3) is 13.6. The predicted molar refractivity (Wildman–Crippen MR) is 192 cm³/mol.